The lowest BCUT2D eigenvalue weighted by Gasteiger charge is -2.12. The van der Waals surface area contributed by atoms with Gasteiger partial charge in [0.25, 0.3) is 5.91 Å². The number of hydrogen-bond acceptors (Lipinski definition) is 3. The minimum atomic E-state index is -0.253. The Morgan fingerprint density at radius 2 is 1.92 bits per heavy atom. The van der Waals surface area contributed by atoms with E-state index < -0.39 is 0 Å². The topological polar surface area (TPSA) is 71.8 Å². The Hall–Kier alpha value is -3.28. The Morgan fingerprint density at radius 3 is 2.62 bits per heavy atom. The van der Waals surface area contributed by atoms with Crippen molar-refractivity contribution in [2.45, 2.75) is 6.92 Å². The first-order valence-electron chi connectivity index (χ1n) is 7.40. The van der Waals surface area contributed by atoms with Gasteiger partial charge in [-0.2, -0.15) is 0 Å². The van der Waals surface area contributed by atoms with E-state index in [4.69, 9.17) is 4.74 Å². The summed E-state index contributed by atoms with van der Waals surface area (Å²) in [4.78, 5) is 23.7. The normalized spacial score (nSPS) is 10.4. The minimum Gasteiger partial charge on any atom is -0.495 e. The SMILES string of the molecule is COc1ccc(NC(C)=O)cc1NC(=O)c1cc2ccccn2c1. The molecule has 1 aromatic carbocycles. The molecule has 0 fully saturated rings. The first-order chi connectivity index (χ1) is 11.6. The van der Waals surface area contributed by atoms with Crippen molar-refractivity contribution in [3.63, 3.8) is 0 Å². The number of hydrogen-bond donors (Lipinski definition) is 2. The van der Waals surface area contributed by atoms with Crippen LogP contribution in [0.25, 0.3) is 5.52 Å². The average Bonchev–Trinajstić information content (AvgIpc) is 2.99. The number of nitrogens with zero attached hydrogens (tertiary/aromatic N) is 1. The molecule has 0 spiro atoms. The Kier molecular flexibility index (Phi) is 4.20. The highest BCUT2D eigenvalue weighted by atomic mass is 16.5. The summed E-state index contributed by atoms with van der Waals surface area (Å²) >= 11 is 0. The fourth-order valence-electron chi connectivity index (χ4n) is 2.46. The van der Waals surface area contributed by atoms with Crippen molar-refractivity contribution in [2.24, 2.45) is 0 Å². The van der Waals surface area contributed by atoms with E-state index in [-0.39, 0.29) is 11.8 Å². The van der Waals surface area contributed by atoms with Crippen LogP contribution in [0.5, 0.6) is 5.75 Å². The number of nitrogens with one attached hydrogen (secondary N) is 2. The molecule has 0 aliphatic rings. The van der Waals surface area contributed by atoms with Crippen molar-refractivity contribution in [1.82, 2.24) is 4.40 Å². The van der Waals surface area contributed by atoms with E-state index in [2.05, 4.69) is 10.6 Å². The Morgan fingerprint density at radius 1 is 1.08 bits per heavy atom. The third kappa shape index (κ3) is 3.22. The van der Waals surface area contributed by atoms with Crippen LogP contribution in [0.4, 0.5) is 11.4 Å². The highest BCUT2D eigenvalue weighted by Crippen LogP contribution is 2.28. The molecule has 3 rings (SSSR count). The van der Waals surface area contributed by atoms with Gasteiger partial charge >= 0.3 is 0 Å². The molecular weight excluding hydrogens is 306 g/mol. The third-order valence-corrected chi connectivity index (χ3v) is 3.53. The van der Waals surface area contributed by atoms with Gasteiger partial charge in [-0.3, -0.25) is 9.59 Å². The maximum Gasteiger partial charge on any atom is 0.257 e. The Balaban J connectivity index is 1.88. The maximum absolute atomic E-state index is 12.5. The number of amides is 2. The molecule has 2 N–H and O–H groups in total. The standard InChI is InChI=1S/C18H17N3O3/c1-12(22)19-14-6-7-17(24-2)16(10-14)20-18(23)13-9-15-5-3-4-8-21(15)11-13/h3-11H,1-2H3,(H,19,22)(H,20,23). The van der Waals surface area contributed by atoms with Gasteiger partial charge in [0.2, 0.25) is 5.91 Å². The Labute approximate surface area is 139 Å². The van der Waals surface area contributed by atoms with Gasteiger partial charge in [-0.05, 0) is 36.4 Å². The molecular formula is C18H17N3O3. The van der Waals surface area contributed by atoms with Crippen molar-refractivity contribution in [3.05, 3.63) is 60.4 Å². The van der Waals surface area contributed by atoms with Crippen LogP contribution in [-0.2, 0) is 4.79 Å². The van der Waals surface area contributed by atoms with Crippen LogP contribution in [0.1, 0.15) is 17.3 Å². The maximum atomic E-state index is 12.5. The van der Waals surface area contributed by atoms with Crippen molar-refractivity contribution in [1.29, 1.82) is 0 Å². The van der Waals surface area contributed by atoms with E-state index in [0.717, 1.165) is 5.52 Å². The second-order valence-electron chi connectivity index (χ2n) is 5.31. The predicted octanol–water partition coefficient (Wildman–Crippen LogP) is 3.16. The van der Waals surface area contributed by atoms with E-state index in [9.17, 15) is 9.59 Å². The van der Waals surface area contributed by atoms with E-state index in [1.165, 1.54) is 14.0 Å². The highest BCUT2D eigenvalue weighted by Gasteiger charge is 2.13. The van der Waals surface area contributed by atoms with Crippen molar-refractivity contribution in [2.75, 3.05) is 17.7 Å². The zero-order valence-corrected chi connectivity index (χ0v) is 13.4. The smallest absolute Gasteiger partial charge is 0.257 e. The summed E-state index contributed by atoms with van der Waals surface area (Å²) in [6.45, 7) is 1.43. The number of ether oxygens (including phenoxy) is 1. The fourth-order valence-corrected chi connectivity index (χ4v) is 2.46. The van der Waals surface area contributed by atoms with E-state index in [1.54, 1.807) is 30.5 Å². The van der Waals surface area contributed by atoms with Crippen LogP contribution in [0.2, 0.25) is 0 Å². The molecule has 0 bridgehead atoms. The lowest BCUT2D eigenvalue weighted by Crippen LogP contribution is -2.13. The quantitative estimate of drug-likeness (QED) is 0.775. The van der Waals surface area contributed by atoms with Gasteiger partial charge < -0.3 is 19.8 Å². The summed E-state index contributed by atoms with van der Waals surface area (Å²) in [5, 5.41) is 5.50. The van der Waals surface area contributed by atoms with Crippen LogP contribution in [0.3, 0.4) is 0 Å². The number of pyridine rings is 1. The highest BCUT2D eigenvalue weighted by molar-refractivity contribution is 6.06. The summed E-state index contributed by atoms with van der Waals surface area (Å²) < 4.78 is 7.14. The number of methoxy groups -OCH3 is 1. The van der Waals surface area contributed by atoms with Crippen LogP contribution in [0, 0.1) is 0 Å². The number of carbonyl (C=O) groups excluding carboxylic acids is 2. The van der Waals surface area contributed by atoms with Gasteiger partial charge in [0.05, 0.1) is 18.4 Å². The molecule has 0 atom stereocenters. The zero-order chi connectivity index (χ0) is 17.1. The molecule has 6 nitrogen and oxygen atoms in total. The van der Waals surface area contributed by atoms with Gasteiger partial charge in [0.1, 0.15) is 5.75 Å². The van der Waals surface area contributed by atoms with Gasteiger partial charge in [0, 0.05) is 30.5 Å². The van der Waals surface area contributed by atoms with Crippen LogP contribution >= 0.6 is 0 Å². The first-order valence-corrected chi connectivity index (χ1v) is 7.40. The molecule has 2 heterocycles. The summed E-state index contributed by atoms with van der Waals surface area (Å²) in [6, 6.07) is 12.6. The minimum absolute atomic E-state index is 0.184. The number of rotatable bonds is 4. The van der Waals surface area contributed by atoms with Gasteiger partial charge in [-0.25, -0.2) is 0 Å². The molecule has 2 aromatic heterocycles. The van der Waals surface area contributed by atoms with E-state index >= 15 is 0 Å². The summed E-state index contributed by atoms with van der Waals surface area (Å²) in [5.74, 6) is 0.0781. The van der Waals surface area contributed by atoms with Crippen molar-refractivity contribution < 1.29 is 14.3 Å². The molecule has 0 saturated heterocycles. The molecule has 2 amide bonds. The summed E-state index contributed by atoms with van der Waals surface area (Å²) in [5.41, 5.74) is 2.54. The van der Waals surface area contributed by atoms with Gasteiger partial charge in [0.15, 0.2) is 0 Å². The molecule has 0 radical (unpaired) electrons. The van der Waals surface area contributed by atoms with Gasteiger partial charge in [-0.15, -0.1) is 0 Å². The molecule has 0 aliphatic heterocycles. The van der Waals surface area contributed by atoms with Crippen LogP contribution < -0.4 is 15.4 Å². The molecule has 122 valence electrons. The van der Waals surface area contributed by atoms with Crippen molar-refractivity contribution >= 4 is 28.7 Å². The molecule has 0 unspecified atom stereocenters. The Bertz CT molecular complexity index is 882. The molecule has 6 heteroatoms. The molecule has 3 aromatic rings. The second-order valence-corrected chi connectivity index (χ2v) is 5.31. The average molecular weight is 323 g/mol. The first kappa shape index (κ1) is 15.6. The van der Waals surface area contributed by atoms with Crippen LogP contribution in [0.15, 0.2) is 54.9 Å². The summed E-state index contributed by atoms with van der Waals surface area (Å²) in [6.07, 6.45) is 3.64. The van der Waals surface area contributed by atoms with Crippen molar-refractivity contribution in [3.8, 4) is 5.75 Å². The number of benzene rings is 1. The fraction of sp³-hybridized carbons (Fsp3) is 0.111. The summed E-state index contributed by atoms with van der Waals surface area (Å²) in [7, 11) is 1.52. The lowest BCUT2D eigenvalue weighted by molar-refractivity contribution is -0.114. The number of carbonyl (C=O) groups is 2. The number of anilines is 2. The third-order valence-electron chi connectivity index (χ3n) is 3.53. The van der Waals surface area contributed by atoms with E-state index in [0.29, 0.717) is 22.7 Å². The zero-order valence-electron chi connectivity index (χ0n) is 13.4. The number of aromatic nitrogens is 1. The number of fused-ring (bicyclic) bond motifs is 1. The van der Waals surface area contributed by atoms with Crippen LogP contribution in [-0.4, -0.2) is 23.3 Å². The predicted molar refractivity (Wildman–Crippen MR) is 92.6 cm³/mol. The van der Waals surface area contributed by atoms with Gasteiger partial charge in [-0.1, -0.05) is 6.07 Å². The molecule has 24 heavy (non-hydrogen) atoms. The monoisotopic (exact) mass is 323 g/mol. The lowest BCUT2D eigenvalue weighted by atomic mass is 10.2. The molecule has 0 aliphatic carbocycles. The van der Waals surface area contributed by atoms with E-state index in [1.807, 2.05) is 28.8 Å². The second kappa shape index (κ2) is 6.45. The largest absolute Gasteiger partial charge is 0.495 e. The molecule has 0 saturated carbocycles.